The zero-order valence-corrected chi connectivity index (χ0v) is 14.1. The second-order valence-corrected chi connectivity index (χ2v) is 5.38. The van der Waals surface area contributed by atoms with Crippen molar-refractivity contribution in [2.45, 2.75) is 19.6 Å². The lowest BCUT2D eigenvalue weighted by molar-refractivity contribution is -0.0498. The molecule has 0 fully saturated rings. The van der Waals surface area contributed by atoms with E-state index < -0.39 is 30.5 Å². The van der Waals surface area contributed by atoms with Gasteiger partial charge in [-0.25, -0.2) is 9.59 Å². The number of rotatable bonds is 7. The number of amides is 2. The van der Waals surface area contributed by atoms with E-state index >= 15 is 0 Å². The number of halogens is 2. The van der Waals surface area contributed by atoms with Crippen molar-refractivity contribution in [1.82, 2.24) is 0 Å². The van der Waals surface area contributed by atoms with Crippen LogP contribution in [0.15, 0.2) is 48.5 Å². The maximum absolute atomic E-state index is 12.3. The summed E-state index contributed by atoms with van der Waals surface area (Å²) in [6.45, 7) is -1.58. The van der Waals surface area contributed by atoms with Crippen molar-refractivity contribution in [3.8, 4) is 5.75 Å². The highest BCUT2D eigenvalue weighted by molar-refractivity contribution is 6.01. The second-order valence-electron chi connectivity index (χ2n) is 5.38. The lowest BCUT2D eigenvalue weighted by atomic mass is 10.1. The van der Waals surface area contributed by atoms with Crippen molar-refractivity contribution in [2.75, 3.05) is 5.32 Å². The van der Waals surface area contributed by atoms with E-state index in [2.05, 4.69) is 10.1 Å². The molecule has 0 radical (unpaired) electrons. The zero-order chi connectivity index (χ0) is 20.0. The highest BCUT2D eigenvalue weighted by Crippen LogP contribution is 2.17. The Morgan fingerprint density at radius 2 is 1.70 bits per heavy atom. The Hall–Kier alpha value is -3.49. The Balaban J connectivity index is 2.03. The van der Waals surface area contributed by atoms with Crippen molar-refractivity contribution in [1.29, 1.82) is 0 Å². The average Bonchev–Trinajstić information content (AvgIpc) is 2.61. The lowest BCUT2D eigenvalue weighted by Crippen LogP contribution is -2.24. The van der Waals surface area contributed by atoms with Crippen LogP contribution in [0.5, 0.6) is 5.75 Å². The van der Waals surface area contributed by atoms with Crippen LogP contribution in [0.4, 0.5) is 19.3 Å². The Bertz CT molecular complexity index is 840. The second kappa shape index (κ2) is 8.75. The standard InChI is InChI=1S/C18H16F2N2O5/c1-10(15(23)11-5-7-14(8-6-11)27-17(19)20)26-16(24)12-3-2-4-13(9-12)22-18(21)25/h2-10,17H,1H3,(H3,21,22,25)/t10-/m1/s1. The van der Waals surface area contributed by atoms with Crippen molar-refractivity contribution in [3.05, 3.63) is 59.7 Å². The quantitative estimate of drug-likeness (QED) is 0.568. The number of alkyl halides is 2. The first-order valence-electron chi connectivity index (χ1n) is 7.73. The molecule has 1 atom stereocenters. The summed E-state index contributed by atoms with van der Waals surface area (Å²) < 4.78 is 33.6. The number of carbonyl (C=O) groups excluding carboxylic acids is 3. The highest BCUT2D eigenvalue weighted by atomic mass is 19.3. The van der Waals surface area contributed by atoms with E-state index in [0.717, 1.165) is 0 Å². The van der Waals surface area contributed by atoms with Crippen molar-refractivity contribution in [2.24, 2.45) is 5.73 Å². The minimum Gasteiger partial charge on any atom is -0.451 e. The maximum Gasteiger partial charge on any atom is 0.387 e. The number of nitrogens with two attached hydrogens (primary N) is 1. The molecular weight excluding hydrogens is 362 g/mol. The molecule has 2 aromatic carbocycles. The van der Waals surface area contributed by atoms with Gasteiger partial charge in [-0.2, -0.15) is 8.78 Å². The minimum absolute atomic E-state index is 0.0926. The number of benzene rings is 2. The molecule has 0 saturated carbocycles. The van der Waals surface area contributed by atoms with Crippen molar-refractivity contribution < 1.29 is 32.6 Å². The van der Waals surface area contributed by atoms with Gasteiger partial charge in [0, 0.05) is 11.3 Å². The molecule has 7 nitrogen and oxygen atoms in total. The summed E-state index contributed by atoms with van der Waals surface area (Å²) in [4.78, 5) is 35.4. The molecule has 9 heteroatoms. The number of esters is 1. The number of hydrogen-bond acceptors (Lipinski definition) is 5. The first-order valence-corrected chi connectivity index (χ1v) is 7.73. The van der Waals surface area contributed by atoms with Crippen LogP contribution in [-0.2, 0) is 4.74 Å². The monoisotopic (exact) mass is 378 g/mol. The molecule has 0 spiro atoms. The van der Waals surface area contributed by atoms with Crippen molar-refractivity contribution >= 4 is 23.5 Å². The molecular formula is C18H16F2N2O5. The summed E-state index contributed by atoms with van der Waals surface area (Å²) in [5, 5.41) is 2.32. The van der Waals surface area contributed by atoms with Gasteiger partial charge < -0.3 is 20.5 Å². The summed E-state index contributed by atoms with van der Waals surface area (Å²) >= 11 is 0. The first kappa shape index (κ1) is 19.8. The number of ketones is 1. The molecule has 0 aliphatic carbocycles. The SMILES string of the molecule is C[C@@H](OC(=O)c1cccc(NC(N)=O)c1)C(=O)c1ccc(OC(F)F)cc1. The molecule has 0 aliphatic rings. The van der Waals surface area contributed by atoms with Gasteiger partial charge in [-0.05, 0) is 49.4 Å². The van der Waals surface area contributed by atoms with E-state index in [1.165, 1.54) is 55.5 Å². The molecule has 2 rings (SSSR count). The molecule has 142 valence electrons. The predicted octanol–water partition coefficient (Wildman–Crippen LogP) is 3.21. The fourth-order valence-electron chi connectivity index (χ4n) is 2.18. The number of hydrogen-bond donors (Lipinski definition) is 2. The Labute approximate surface area is 153 Å². The van der Waals surface area contributed by atoms with Crippen LogP contribution in [0.25, 0.3) is 0 Å². The Morgan fingerprint density at radius 1 is 1.04 bits per heavy atom. The van der Waals surface area contributed by atoms with Gasteiger partial charge in [0.2, 0.25) is 5.78 Å². The minimum atomic E-state index is -2.97. The third-order valence-electron chi connectivity index (χ3n) is 3.38. The largest absolute Gasteiger partial charge is 0.451 e. The summed E-state index contributed by atoms with van der Waals surface area (Å²) in [5.74, 6) is -1.38. The van der Waals surface area contributed by atoms with Crippen LogP contribution in [0, 0.1) is 0 Å². The predicted molar refractivity (Wildman–Crippen MR) is 91.9 cm³/mol. The van der Waals surface area contributed by atoms with E-state index in [4.69, 9.17) is 10.5 Å². The fourth-order valence-corrected chi connectivity index (χ4v) is 2.18. The van der Waals surface area contributed by atoms with Gasteiger partial charge in [-0.3, -0.25) is 4.79 Å². The summed E-state index contributed by atoms with van der Waals surface area (Å²) in [5.41, 5.74) is 5.59. The van der Waals surface area contributed by atoms with E-state index in [9.17, 15) is 23.2 Å². The molecule has 2 aromatic rings. The van der Waals surface area contributed by atoms with Gasteiger partial charge in [-0.1, -0.05) is 6.07 Å². The number of ether oxygens (including phenoxy) is 2. The third kappa shape index (κ3) is 5.77. The molecule has 2 amide bonds. The van der Waals surface area contributed by atoms with Crippen LogP contribution >= 0.6 is 0 Å². The van der Waals surface area contributed by atoms with Gasteiger partial charge in [-0.15, -0.1) is 0 Å². The number of primary amides is 1. The van der Waals surface area contributed by atoms with Gasteiger partial charge >= 0.3 is 18.6 Å². The lowest BCUT2D eigenvalue weighted by Gasteiger charge is -2.13. The van der Waals surface area contributed by atoms with E-state index in [-0.39, 0.29) is 16.9 Å². The molecule has 0 unspecified atom stereocenters. The normalized spacial score (nSPS) is 11.6. The Kier molecular flexibility index (Phi) is 6.42. The van der Waals surface area contributed by atoms with Crippen molar-refractivity contribution in [3.63, 3.8) is 0 Å². The first-order chi connectivity index (χ1) is 12.8. The molecule has 27 heavy (non-hydrogen) atoms. The molecule has 0 saturated heterocycles. The van der Waals surface area contributed by atoms with Crippen LogP contribution < -0.4 is 15.8 Å². The average molecular weight is 378 g/mol. The molecule has 0 heterocycles. The number of urea groups is 1. The zero-order valence-electron chi connectivity index (χ0n) is 14.1. The molecule has 3 N–H and O–H groups in total. The van der Waals surface area contributed by atoms with E-state index in [0.29, 0.717) is 5.69 Å². The van der Waals surface area contributed by atoms with Crippen LogP contribution in [0.3, 0.4) is 0 Å². The molecule has 0 aromatic heterocycles. The van der Waals surface area contributed by atoms with E-state index in [1.54, 1.807) is 0 Å². The molecule has 0 bridgehead atoms. The number of nitrogens with one attached hydrogen (secondary N) is 1. The number of Topliss-reactive ketones (excluding diaryl/α,β-unsaturated/α-hetero) is 1. The van der Waals surface area contributed by atoms with Gasteiger partial charge in [0.25, 0.3) is 0 Å². The summed E-state index contributed by atoms with van der Waals surface area (Å²) in [6, 6.07) is 10.1. The van der Waals surface area contributed by atoms with Crippen LogP contribution in [0.1, 0.15) is 27.6 Å². The highest BCUT2D eigenvalue weighted by Gasteiger charge is 2.21. The van der Waals surface area contributed by atoms with Gasteiger partial charge in [0.15, 0.2) is 6.10 Å². The maximum atomic E-state index is 12.3. The topological polar surface area (TPSA) is 108 Å². The summed E-state index contributed by atoms with van der Waals surface area (Å²) in [6.07, 6.45) is -1.12. The smallest absolute Gasteiger partial charge is 0.387 e. The number of carbonyl (C=O) groups is 3. The van der Waals surface area contributed by atoms with E-state index in [1.807, 2.05) is 0 Å². The summed E-state index contributed by atoms with van der Waals surface area (Å²) in [7, 11) is 0. The Morgan fingerprint density at radius 3 is 2.30 bits per heavy atom. The number of anilines is 1. The fraction of sp³-hybridized carbons (Fsp3) is 0.167. The van der Waals surface area contributed by atoms with Gasteiger partial charge in [0.05, 0.1) is 5.56 Å². The molecule has 0 aliphatic heterocycles. The van der Waals surface area contributed by atoms with Gasteiger partial charge in [0.1, 0.15) is 5.75 Å². The van der Waals surface area contributed by atoms with Crippen LogP contribution in [-0.4, -0.2) is 30.5 Å². The van der Waals surface area contributed by atoms with Crippen LogP contribution in [0.2, 0.25) is 0 Å². The third-order valence-corrected chi connectivity index (χ3v) is 3.38.